The summed E-state index contributed by atoms with van der Waals surface area (Å²) in [5.74, 6) is 0.0391. The van der Waals surface area contributed by atoms with Gasteiger partial charge in [-0.1, -0.05) is 0 Å². The highest BCUT2D eigenvalue weighted by atomic mass is 16.3. The highest BCUT2D eigenvalue weighted by Crippen LogP contribution is 2.21. The van der Waals surface area contributed by atoms with E-state index in [1.54, 1.807) is 18.3 Å². The van der Waals surface area contributed by atoms with E-state index >= 15 is 0 Å². The molecule has 2 N–H and O–H groups in total. The molecule has 1 aromatic heterocycles. The third-order valence-corrected chi connectivity index (χ3v) is 3.00. The predicted molar refractivity (Wildman–Crippen MR) is 78.3 cm³/mol. The number of phenols is 1. The van der Waals surface area contributed by atoms with Crippen molar-refractivity contribution >= 4 is 12.1 Å². The first-order valence-corrected chi connectivity index (χ1v) is 6.27. The van der Waals surface area contributed by atoms with Gasteiger partial charge in [-0.2, -0.15) is 5.10 Å². The summed E-state index contributed by atoms with van der Waals surface area (Å²) < 4.78 is 2.06. The summed E-state index contributed by atoms with van der Waals surface area (Å²) in [6.07, 6.45) is 1.63. The fourth-order valence-electron chi connectivity index (χ4n) is 2.11. The molecule has 0 aliphatic heterocycles. The maximum absolute atomic E-state index is 10.8. The number of carbonyl (C=O) groups is 1. The molecule has 5 nitrogen and oxygen atoms in total. The Morgan fingerprint density at radius 1 is 1.30 bits per heavy atom. The molecule has 0 spiro atoms. The lowest BCUT2D eigenvalue weighted by molar-refractivity contribution is -0.118. The number of rotatable bonds is 3. The molecular weight excluding hydrogens is 254 g/mol. The third kappa shape index (κ3) is 2.88. The maximum atomic E-state index is 10.8. The van der Waals surface area contributed by atoms with Crippen LogP contribution in [0.25, 0.3) is 5.69 Å². The van der Waals surface area contributed by atoms with Crippen molar-refractivity contribution in [2.75, 3.05) is 0 Å². The maximum Gasteiger partial charge on any atom is 0.236 e. The molecule has 0 bridgehead atoms. The number of carbonyl (C=O) groups excluding carboxylic acids is 1. The zero-order chi connectivity index (χ0) is 14.7. The van der Waals surface area contributed by atoms with Gasteiger partial charge in [0.25, 0.3) is 0 Å². The van der Waals surface area contributed by atoms with Gasteiger partial charge in [0, 0.05) is 29.6 Å². The summed E-state index contributed by atoms with van der Waals surface area (Å²) in [5, 5.41) is 13.2. The van der Waals surface area contributed by atoms with Crippen molar-refractivity contribution < 1.29 is 9.90 Å². The Bertz CT molecular complexity index is 655. The van der Waals surface area contributed by atoms with Crippen LogP contribution in [-0.2, 0) is 4.79 Å². The summed E-state index contributed by atoms with van der Waals surface area (Å²) >= 11 is 0. The summed E-state index contributed by atoms with van der Waals surface area (Å²) in [7, 11) is 0. The standard InChI is InChI=1S/C15H17N3O2/c1-10-8-13(9-16-17-12(3)19)11(2)18(10)14-4-6-15(20)7-5-14/h4-9,20H,1-3H3,(H,17,19)/b16-9-. The molecule has 0 unspecified atom stereocenters. The summed E-state index contributed by atoms with van der Waals surface area (Å²) in [5.41, 5.74) is 6.36. The van der Waals surface area contributed by atoms with Crippen LogP contribution in [0.1, 0.15) is 23.9 Å². The summed E-state index contributed by atoms with van der Waals surface area (Å²) in [6.45, 7) is 5.39. The lowest BCUT2D eigenvalue weighted by Crippen LogP contribution is -2.12. The number of benzene rings is 1. The van der Waals surface area contributed by atoms with Crippen molar-refractivity contribution in [1.29, 1.82) is 0 Å². The molecule has 0 radical (unpaired) electrons. The highest BCUT2D eigenvalue weighted by Gasteiger charge is 2.09. The van der Waals surface area contributed by atoms with E-state index in [9.17, 15) is 9.90 Å². The quantitative estimate of drug-likeness (QED) is 0.664. The molecule has 0 saturated heterocycles. The first kappa shape index (κ1) is 13.9. The molecule has 0 aliphatic carbocycles. The Morgan fingerprint density at radius 2 is 1.95 bits per heavy atom. The van der Waals surface area contributed by atoms with Crippen LogP contribution in [0.3, 0.4) is 0 Å². The zero-order valence-corrected chi connectivity index (χ0v) is 11.7. The Kier molecular flexibility index (Phi) is 3.89. The number of aryl methyl sites for hydroxylation is 1. The van der Waals surface area contributed by atoms with Crippen LogP contribution in [0.15, 0.2) is 35.4 Å². The minimum Gasteiger partial charge on any atom is -0.508 e. The van der Waals surface area contributed by atoms with Gasteiger partial charge in [0.15, 0.2) is 0 Å². The average molecular weight is 271 g/mol. The van der Waals surface area contributed by atoms with E-state index in [4.69, 9.17) is 0 Å². The Labute approximate surface area is 117 Å². The smallest absolute Gasteiger partial charge is 0.236 e. The van der Waals surface area contributed by atoms with Gasteiger partial charge in [-0.25, -0.2) is 5.43 Å². The van der Waals surface area contributed by atoms with E-state index in [0.29, 0.717) is 0 Å². The third-order valence-electron chi connectivity index (χ3n) is 3.00. The van der Waals surface area contributed by atoms with Crippen LogP contribution < -0.4 is 5.43 Å². The van der Waals surface area contributed by atoms with Gasteiger partial charge in [0.05, 0.1) is 6.21 Å². The second kappa shape index (κ2) is 5.61. The van der Waals surface area contributed by atoms with Crippen LogP contribution in [0, 0.1) is 13.8 Å². The molecule has 104 valence electrons. The topological polar surface area (TPSA) is 66.6 Å². The number of hydrazone groups is 1. The first-order valence-electron chi connectivity index (χ1n) is 6.27. The number of nitrogens with one attached hydrogen (secondary N) is 1. The normalized spacial score (nSPS) is 10.9. The fourth-order valence-corrected chi connectivity index (χ4v) is 2.11. The number of hydrogen-bond acceptors (Lipinski definition) is 3. The van der Waals surface area contributed by atoms with E-state index in [2.05, 4.69) is 15.1 Å². The van der Waals surface area contributed by atoms with Gasteiger partial charge in [0.2, 0.25) is 5.91 Å². The Balaban J connectivity index is 2.36. The zero-order valence-electron chi connectivity index (χ0n) is 11.7. The molecule has 0 atom stereocenters. The van der Waals surface area contributed by atoms with Crippen LogP contribution in [-0.4, -0.2) is 21.8 Å². The minimum atomic E-state index is -0.200. The molecule has 2 rings (SSSR count). The summed E-state index contributed by atoms with van der Waals surface area (Å²) in [4.78, 5) is 10.8. The summed E-state index contributed by atoms with van der Waals surface area (Å²) in [6, 6.07) is 9.00. The van der Waals surface area contributed by atoms with E-state index in [1.165, 1.54) is 6.92 Å². The van der Waals surface area contributed by atoms with Gasteiger partial charge in [-0.15, -0.1) is 0 Å². The lowest BCUT2D eigenvalue weighted by atomic mass is 10.2. The number of hydrogen-bond donors (Lipinski definition) is 2. The second-order valence-electron chi connectivity index (χ2n) is 4.60. The minimum absolute atomic E-state index is 0.200. The largest absolute Gasteiger partial charge is 0.508 e. The molecule has 5 heteroatoms. The monoisotopic (exact) mass is 271 g/mol. The van der Waals surface area contributed by atoms with Crippen molar-refractivity contribution in [3.63, 3.8) is 0 Å². The SMILES string of the molecule is CC(=O)N/N=C\c1cc(C)n(-c2ccc(O)cc2)c1C. The first-order chi connectivity index (χ1) is 9.49. The average Bonchev–Trinajstić information content (AvgIpc) is 2.66. The number of nitrogens with zero attached hydrogens (tertiary/aromatic N) is 2. The van der Waals surface area contributed by atoms with Gasteiger partial charge < -0.3 is 9.67 Å². The van der Waals surface area contributed by atoms with Gasteiger partial charge in [0.1, 0.15) is 5.75 Å². The molecule has 0 aliphatic rings. The van der Waals surface area contributed by atoms with E-state index < -0.39 is 0 Å². The van der Waals surface area contributed by atoms with E-state index in [1.807, 2.05) is 32.0 Å². The number of phenolic OH excluding ortho intramolecular Hbond substituents is 1. The van der Waals surface area contributed by atoms with Gasteiger partial charge in [-0.3, -0.25) is 4.79 Å². The lowest BCUT2D eigenvalue weighted by Gasteiger charge is -2.09. The number of aromatic nitrogens is 1. The van der Waals surface area contributed by atoms with Crippen molar-refractivity contribution in [2.45, 2.75) is 20.8 Å². The Morgan fingerprint density at radius 3 is 2.55 bits per heavy atom. The van der Waals surface area contributed by atoms with Crippen LogP contribution in [0.2, 0.25) is 0 Å². The van der Waals surface area contributed by atoms with Crippen molar-refractivity contribution in [2.24, 2.45) is 5.10 Å². The molecule has 0 saturated carbocycles. The highest BCUT2D eigenvalue weighted by molar-refractivity contribution is 5.83. The fraction of sp³-hybridized carbons (Fsp3) is 0.200. The number of aromatic hydroxyl groups is 1. The predicted octanol–water partition coefficient (Wildman–Crippen LogP) is 2.27. The number of amides is 1. The van der Waals surface area contributed by atoms with Crippen molar-refractivity contribution in [3.05, 3.63) is 47.3 Å². The van der Waals surface area contributed by atoms with E-state index in [0.717, 1.165) is 22.6 Å². The molecule has 20 heavy (non-hydrogen) atoms. The molecular formula is C15H17N3O2. The van der Waals surface area contributed by atoms with Crippen molar-refractivity contribution in [3.8, 4) is 11.4 Å². The molecule has 1 heterocycles. The molecule has 2 aromatic rings. The molecule has 1 amide bonds. The Hall–Kier alpha value is -2.56. The van der Waals surface area contributed by atoms with Crippen LogP contribution >= 0.6 is 0 Å². The van der Waals surface area contributed by atoms with Crippen molar-refractivity contribution in [1.82, 2.24) is 9.99 Å². The molecule has 0 fully saturated rings. The van der Waals surface area contributed by atoms with Gasteiger partial charge in [-0.05, 0) is 44.2 Å². The van der Waals surface area contributed by atoms with Crippen LogP contribution in [0.5, 0.6) is 5.75 Å². The van der Waals surface area contributed by atoms with E-state index in [-0.39, 0.29) is 11.7 Å². The van der Waals surface area contributed by atoms with Gasteiger partial charge >= 0.3 is 0 Å². The second-order valence-corrected chi connectivity index (χ2v) is 4.60. The molecule has 1 aromatic carbocycles. The van der Waals surface area contributed by atoms with Crippen LogP contribution in [0.4, 0.5) is 0 Å².